The first-order valence-corrected chi connectivity index (χ1v) is 16.2. The molecule has 236 valence electrons. The van der Waals surface area contributed by atoms with Crippen LogP contribution in [0.1, 0.15) is 69.5 Å². The lowest BCUT2D eigenvalue weighted by Crippen LogP contribution is -2.59. The van der Waals surface area contributed by atoms with Gasteiger partial charge in [-0.05, 0) is 82.2 Å². The van der Waals surface area contributed by atoms with Gasteiger partial charge < -0.3 is 9.47 Å². The van der Waals surface area contributed by atoms with Gasteiger partial charge in [0.2, 0.25) is 17.1 Å². The van der Waals surface area contributed by atoms with Gasteiger partial charge in [0.05, 0.1) is 0 Å². The van der Waals surface area contributed by atoms with Crippen molar-refractivity contribution in [2.24, 2.45) is 0 Å². The second kappa shape index (κ2) is 11.9. The molecule has 0 aromatic heterocycles. The summed E-state index contributed by atoms with van der Waals surface area (Å²) in [4.78, 5) is 0. The maximum absolute atomic E-state index is 10.9. The number of nitrogens with zero attached hydrogens (tertiary/aromatic N) is 3. The third-order valence-electron chi connectivity index (χ3n) is 9.28. The Morgan fingerprint density at radius 1 is 0.596 bits per heavy atom. The number of hydrogen-bond acceptors (Lipinski definition) is 3. The van der Waals surface area contributed by atoms with Crippen molar-refractivity contribution in [3.05, 3.63) is 140 Å². The van der Waals surface area contributed by atoms with E-state index in [-0.39, 0.29) is 0 Å². The third kappa shape index (κ3) is 5.19. The Hall–Kier alpha value is -5.21. The van der Waals surface area contributed by atoms with E-state index in [0.29, 0.717) is 17.1 Å². The summed E-state index contributed by atoms with van der Waals surface area (Å²) in [5, 5.41) is 10.9. The molecule has 0 radical (unpaired) electrons. The van der Waals surface area contributed by atoms with Crippen molar-refractivity contribution in [3.63, 3.8) is 0 Å². The number of para-hydroxylation sites is 2. The summed E-state index contributed by atoms with van der Waals surface area (Å²) < 4.78 is 19.1. The molecule has 4 aromatic carbocycles. The average molecular weight is 622 g/mol. The smallest absolute Gasteiger partial charge is 0.340 e. The monoisotopic (exact) mass is 621 g/mol. The molecule has 2 aliphatic heterocycles. The van der Waals surface area contributed by atoms with Crippen LogP contribution in [0.3, 0.4) is 0 Å². The van der Waals surface area contributed by atoms with Crippen molar-refractivity contribution in [2.45, 2.75) is 75.3 Å². The van der Waals surface area contributed by atoms with Crippen LogP contribution < -0.4 is 0 Å². The Morgan fingerprint density at radius 3 is 1.66 bits per heavy atom. The fourth-order valence-electron chi connectivity index (χ4n) is 7.57. The van der Waals surface area contributed by atoms with E-state index >= 15 is 0 Å². The van der Waals surface area contributed by atoms with Gasteiger partial charge in [0.25, 0.3) is 0 Å². The summed E-state index contributed by atoms with van der Waals surface area (Å²) in [6.07, 6.45) is 2.11. The SMILES string of the molecule is CC1=[N+](c2ccccc2)C2(OC(c3c(C)cc(C)cc3C)=C1)OC(c1c(C)cc(C)cc1C)=C(C#N)C(C)=[N+]2c1c(C)cccc1C. The second-order valence-corrected chi connectivity index (χ2v) is 13.1. The fourth-order valence-corrected chi connectivity index (χ4v) is 7.57. The lowest BCUT2D eigenvalue weighted by molar-refractivity contribution is -0.868. The molecule has 4 aromatic rings. The maximum atomic E-state index is 10.9. The number of ether oxygens (including phenoxy) is 2. The van der Waals surface area contributed by atoms with Gasteiger partial charge in [-0.15, -0.1) is 0 Å². The van der Waals surface area contributed by atoms with E-state index in [0.717, 1.165) is 72.9 Å². The normalized spacial score (nSPS) is 17.9. The quantitative estimate of drug-likeness (QED) is 0.213. The summed E-state index contributed by atoms with van der Waals surface area (Å²) in [5.41, 5.74) is 14.7. The van der Waals surface area contributed by atoms with Crippen molar-refractivity contribution in [1.82, 2.24) is 0 Å². The minimum atomic E-state index is -1.57. The first kappa shape index (κ1) is 31.8. The van der Waals surface area contributed by atoms with Crippen molar-refractivity contribution in [1.29, 1.82) is 5.26 Å². The summed E-state index contributed by atoms with van der Waals surface area (Å²) in [6.45, 7) is 20.9. The molecule has 0 aliphatic carbocycles. The minimum Gasteiger partial charge on any atom is -0.340 e. The van der Waals surface area contributed by atoms with Gasteiger partial charge in [-0.25, -0.2) is 0 Å². The van der Waals surface area contributed by atoms with Gasteiger partial charge in [-0.2, -0.15) is 5.26 Å². The summed E-state index contributed by atoms with van der Waals surface area (Å²) in [7, 11) is 0. The largest absolute Gasteiger partial charge is 0.715 e. The molecule has 0 saturated heterocycles. The third-order valence-corrected chi connectivity index (χ3v) is 9.28. The molecule has 0 saturated carbocycles. The molecule has 6 rings (SSSR count). The van der Waals surface area contributed by atoms with E-state index < -0.39 is 6.03 Å². The van der Waals surface area contributed by atoms with Crippen LogP contribution in [0, 0.1) is 66.7 Å². The molecule has 2 heterocycles. The Morgan fingerprint density at radius 2 is 1.13 bits per heavy atom. The number of allylic oxidation sites excluding steroid dienone is 2. The maximum Gasteiger partial charge on any atom is 0.715 e. The van der Waals surface area contributed by atoms with E-state index in [9.17, 15) is 5.26 Å². The predicted octanol–water partition coefficient (Wildman–Crippen LogP) is 9.71. The molecule has 0 N–H and O–H groups in total. The summed E-state index contributed by atoms with van der Waals surface area (Å²) in [6, 6.07) is 26.1. The Kier molecular flexibility index (Phi) is 8.01. The van der Waals surface area contributed by atoms with Gasteiger partial charge in [-0.3, -0.25) is 0 Å². The van der Waals surface area contributed by atoms with E-state index in [2.05, 4.69) is 138 Å². The van der Waals surface area contributed by atoms with E-state index in [4.69, 9.17) is 9.47 Å². The molecular formula is C42H43N3O2+2. The van der Waals surface area contributed by atoms with Crippen molar-refractivity contribution >= 4 is 34.3 Å². The Balaban J connectivity index is 1.79. The van der Waals surface area contributed by atoms with Crippen molar-refractivity contribution in [2.75, 3.05) is 0 Å². The zero-order chi connectivity index (χ0) is 33.8. The average Bonchev–Trinajstić information content (AvgIpc) is 2.98. The lowest BCUT2D eigenvalue weighted by Gasteiger charge is -2.35. The minimum absolute atomic E-state index is 0.474. The topological polar surface area (TPSA) is 48.3 Å². The number of hydrogen-bond donors (Lipinski definition) is 0. The van der Waals surface area contributed by atoms with Crippen LogP contribution in [0.15, 0.2) is 84.4 Å². The molecule has 5 heteroatoms. The molecular weight excluding hydrogens is 578 g/mol. The molecule has 2 aliphatic rings. The highest BCUT2D eigenvalue weighted by Crippen LogP contribution is 2.47. The molecule has 1 unspecified atom stereocenters. The standard InChI is InChI=1S/C42H43N3O2/c1-25-19-29(5)38(30(6)20-25)37-23-33(9)44(35-17-12-11-13-18-35)42(46-37)45(40-27(3)15-14-16-28(40)4)34(10)36(24-43)41(47-42)39-31(7)21-26(2)22-32(39)8/h11-23H,1-10H3/q+2. The van der Waals surface area contributed by atoms with Crippen LogP contribution in [-0.2, 0) is 9.47 Å². The van der Waals surface area contributed by atoms with Crippen molar-refractivity contribution in [3.8, 4) is 6.07 Å². The first-order chi connectivity index (χ1) is 22.4. The number of nitriles is 1. The van der Waals surface area contributed by atoms with Gasteiger partial charge in [0, 0.05) is 54.3 Å². The van der Waals surface area contributed by atoms with E-state index in [1.54, 1.807) is 0 Å². The first-order valence-electron chi connectivity index (χ1n) is 16.2. The van der Waals surface area contributed by atoms with Crippen LogP contribution in [-0.4, -0.2) is 26.6 Å². The second-order valence-electron chi connectivity index (χ2n) is 13.1. The van der Waals surface area contributed by atoms with Crippen LogP contribution in [0.4, 0.5) is 11.4 Å². The molecule has 0 fully saturated rings. The molecule has 0 amide bonds. The van der Waals surface area contributed by atoms with Crippen molar-refractivity contribution < 1.29 is 18.6 Å². The number of rotatable bonds is 4. The summed E-state index contributed by atoms with van der Waals surface area (Å²) >= 11 is 0. The van der Waals surface area contributed by atoms with Gasteiger partial charge in [-0.1, -0.05) is 76.4 Å². The summed E-state index contributed by atoms with van der Waals surface area (Å²) in [5.74, 6) is 1.22. The van der Waals surface area contributed by atoms with Gasteiger partial charge >= 0.3 is 6.03 Å². The number of benzene rings is 4. The molecule has 47 heavy (non-hydrogen) atoms. The highest BCUT2D eigenvalue weighted by molar-refractivity contribution is 6.06. The lowest BCUT2D eigenvalue weighted by atomic mass is 9.94. The van der Waals surface area contributed by atoms with Crippen LogP contribution in [0.25, 0.3) is 11.5 Å². The molecule has 0 bridgehead atoms. The highest BCUT2D eigenvalue weighted by Gasteiger charge is 2.69. The van der Waals surface area contributed by atoms with Crippen LogP contribution in [0.2, 0.25) is 0 Å². The van der Waals surface area contributed by atoms with Gasteiger partial charge in [0.1, 0.15) is 6.07 Å². The van der Waals surface area contributed by atoms with E-state index in [1.165, 1.54) is 5.56 Å². The zero-order valence-electron chi connectivity index (χ0n) is 29.2. The highest BCUT2D eigenvalue weighted by atomic mass is 16.7. The number of aryl methyl sites for hydroxylation is 8. The molecule has 1 spiro atoms. The van der Waals surface area contributed by atoms with Gasteiger partial charge in [0.15, 0.2) is 22.8 Å². The predicted molar refractivity (Wildman–Crippen MR) is 190 cm³/mol. The fraction of sp³-hybridized carbons (Fsp3) is 0.262. The Bertz CT molecular complexity index is 2070. The van der Waals surface area contributed by atoms with E-state index in [1.807, 2.05) is 25.1 Å². The van der Waals surface area contributed by atoms with Crippen LogP contribution in [0.5, 0.6) is 0 Å². The molecule has 1 atom stereocenters. The molecule has 5 nitrogen and oxygen atoms in total. The zero-order valence-corrected chi connectivity index (χ0v) is 29.2. The van der Waals surface area contributed by atoms with Crippen LogP contribution >= 0.6 is 0 Å². The Labute approximate surface area is 279 Å².